The van der Waals surface area contributed by atoms with Crippen molar-refractivity contribution in [2.24, 2.45) is 11.7 Å². The van der Waals surface area contributed by atoms with Crippen molar-refractivity contribution in [3.63, 3.8) is 0 Å². The van der Waals surface area contributed by atoms with E-state index in [2.05, 4.69) is 6.92 Å². The minimum Gasteiger partial charge on any atom is -0.347 e. The molecule has 0 aromatic heterocycles. The highest BCUT2D eigenvalue weighted by Gasteiger charge is 2.18. The first kappa shape index (κ1) is 18.9. The lowest BCUT2D eigenvalue weighted by atomic mass is 9.94. The van der Waals surface area contributed by atoms with Gasteiger partial charge >= 0.3 is 0 Å². The van der Waals surface area contributed by atoms with Crippen molar-refractivity contribution in [3.8, 4) is 0 Å². The number of amides is 2. The Hall–Kier alpha value is -1.10. The van der Waals surface area contributed by atoms with Crippen LogP contribution in [0.4, 0.5) is 0 Å². The SMILES string of the molecule is CCCC(CCN)CCC(=O)N(CC)CC(=O)N(C)C. The van der Waals surface area contributed by atoms with Crippen molar-refractivity contribution in [2.45, 2.75) is 46.0 Å². The van der Waals surface area contributed by atoms with Gasteiger partial charge in [0.1, 0.15) is 0 Å². The van der Waals surface area contributed by atoms with Crippen LogP contribution in [0.25, 0.3) is 0 Å². The van der Waals surface area contributed by atoms with Crippen LogP contribution in [0.3, 0.4) is 0 Å². The van der Waals surface area contributed by atoms with E-state index in [0.717, 1.165) is 25.7 Å². The average molecular weight is 285 g/mol. The molecule has 5 nitrogen and oxygen atoms in total. The summed E-state index contributed by atoms with van der Waals surface area (Å²) in [4.78, 5) is 27.0. The highest BCUT2D eigenvalue weighted by atomic mass is 16.2. The molecule has 0 bridgehead atoms. The Balaban J connectivity index is 4.29. The number of likely N-dealkylation sites (N-methyl/N-ethyl adjacent to an activating group) is 2. The number of hydrogen-bond acceptors (Lipinski definition) is 3. The number of carbonyl (C=O) groups is 2. The summed E-state index contributed by atoms with van der Waals surface area (Å²) in [5.41, 5.74) is 5.61. The lowest BCUT2D eigenvalue weighted by molar-refractivity contribution is -0.139. The lowest BCUT2D eigenvalue weighted by Crippen LogP contribution is -2.40. The van der Waals surface area contributed by atoms with Gasteiger partial charge in [-0.25, -0.2) is 0 Å². The molecule has 0 fully saturated rings. The summed E-state index contributed by atoms with van der Waals surface area (Å²) in [5.74, 6) is 0.560. The van der Waals surface area contributed by atoms with Crippen molar-refractivity contribution in [1.29, 1.82) is 0 Å². The highest BCUT2D eigenvalue weighted by molar-refractivity contribution is 5.84. The third kappa shape index (κ3) is 7.48. The van der Waals surface area contributed by atoms with E-state index in [1.165, 1.54) is 4.90 Å². The van der Waals surface area contributed by atoms with Gasteiger partial charge in [0.25, 0.3) is 0 Å². The zero-order chi connectivity index (χ0) is 15.5. The predicted molar refractivity (Wildman–Crippen MR) is 82.3 cm³/mol. The second kappa shape index (κ2) is 10.7. The average Bonchev–Trinajstić information content (AvgIpc) is 2.41. The number of rotatable bonds is 10. The summed E-state index contributed by atoms with van der Waals surface area (Å²) in [6.45, 7) is 5.49. The second-order valence-corrected chi connectivity index (χ2v) is 5.47. The fourth-order valence-electron chi connectivity index (χ4n) is 2.24. The Labute approximate surface area is 123 Å². The Morgan fingerprint density at radius 1 is 1.05 bits per heavy atom. The molecule has 0 saturated carbocycles. The van der Waals surface area contributed by atoms with Crippen LogP contribution < -0.4 is 5.73 Å². The molecule has 0 radical (unpaired) electrons. The molecule has 0 heterocycles. The van der Waals surface area contributed by atoms with Crippen molar-refractivity contribution >= 4 is 11.8 Å². The first-order chi connectivity index (χ1) is 9.46. The fraction of sp³-hybridized carbons (Fsp3) is 0.867. The third-order valence-corrected chi connectivity index (χ3v) is 3.60. The van der Waals surface area contributed by atoms with Crippen LogP contribution in [-0.2, 0) is 9.59 Å². The van der Waals surface area contributed by atoms with E-state index in [9.17, 15) is 9.59 Å². The van der Waals surface area contributed by atoms with Gasteiger partial charge in [-0.05, 0) is 32.2 Å². The Kier molecular flexibility index (Phi) is 10.1. The number of carbonyl (C=O) groups excluding carboxylic acids is 2. The van der Waals surface area contributed by atoms with Gasteiger partial charge in [-0.1, -0.05) is 19.8 Å². The van der Waals surface area contributed by atoms with Gasteiger partial charge in [-0.3, -0.25) is 9.59 Å². The molecule has 118 valence electrons. The molecule has 2 N–H and O–H groups in total. The van der Waals surface area contributed by atoms with Crippen molar-refractivity contribution < 1.29 is 9.59 Å². The summed E-state index contributed by atoms with van der Waals surface area (Å²) < 4.78 is 0. The number of nitrogens with zero attached hydrogens (tertiary/aromatic N) is 2. The van der Waals surface area contributed by atoms with Gasteiger partial charge in [-0.2, -0.15) is 0 Å². The van der Waals surface area contributed by atoms with E-state index < -0.39 is 0 Å². The van der Waals surface area contributed by atoms with Crippen LogP contribution in [0.5, 0.6) is 0 Å². The van der Waals surface area contributed by atoms with Crippen LogP contribution in [-0.4, -0.2) is 55.3 Å². The maximum atomic E-state index is 12.2. The number of hydrogen-bond donors (Lipinski definition) is 1. The maximum Gasteiger partial charge on any atom is 0.241 e. The first-order valence-corrected chi connectivity index (χ1v) is 7.64. The van der Waals surface area contributed by atoms with Gasteiger partial charge in [-0.15, -0.1) is 0 Å². The van der Waals surface area contributed by atoms with Gasteiger partial charge < -0.3 is 15.5 Å². The minimum atomic E-state index is -0.0349. The Morgan fingerprint density at radius 2 is 1.70 bits per heavy atom. The van der Waals surface area contributed by atoms with Crippen LogP contribution in [0.2, 0.25) is 0 Å². The standard InChI is InChI=1S/C15H31N3O2/c1-5-7-13(10-11-16)8-9-14(19)18(6-2)12-15(20)17(3)4/h13H,5-12,16H2,1-4H3. The van der Waals surface area contributed by atoms with Gasteiger partial charge in [0.2, 0.25) is 11.8 Å². The summed E-state index contributed by atoms with van der Waals surface area (Å²) >= 11 is 0. The van der Waals surface area contributed by atoms with E-state index in [0.29, 0.717) is 25.4 Å². The van der Waals surface area contributed by atoms with E-state index >= 15 is 0 Å². The topological polar surface area (TPSA) is 66.6 Å². The van der Waals surface area contributed by atoms with E-state index in [4.69, 9.17) is 5.73 Å². The Morgan fingerprint density at radius 3 is 2.15 bits per heavy atom. The van der Waals surface area contributed by atoms with Crippen molar-refractivity contribution in [2.75, 3.05) is 33.7 Å². The third-order valence-electron chi connectivity index (χ3n) is 3.60. The van der Waals surface area contributed by atoms with Gasteiger partial charge in [0.05, 0.1) is 6.54 Å². The zero-order valence-electron chi connectivity index (χ0n) is 13.5. The van der Waals surface area contributed by atoms with E-state index in [-0.39, 0.29) is 18.4 Å². The van der Waals surface area contributed by atoms with Crippen LogP contribution in [0.1, 0.15) is 46.0 Å². The summed E-state index contributed by atoms with van der Waals surface area (Å²) in [5, 5.41) is 0. The molecule has 1 unspecified atom stereocenters. The second-order valence-electron chi connectivity index (χ2n) is 5.47. The molecule has 0 aromatic rings. The molecule has 1 atom stereocenters. The molecule has 0 saturated heterocycles. The van der Waals surface area contributed by atoms with E-state index in [1.54, 1.807) is 19.0 Å². The highest BCUT2D eigenvalue weighted by Crippen LogP contribution is 2.17. The van der Waals surface area contributed by atoms with Crippen LogP contribution >= 0.6 is 0 Å². The number of nitrogens with two attached hydrogens (primary N) is 1. The molecule has 0 aliphatic carbocycles. The van der Waals surface area contributed by atoms with Crippen LogP contribution in [0.15, 0.2) is 0 Å². The molecule has 0 spiro atoms. The maximum absolute atomic E-state index is 12.2. The summed E-state index contributed by atoms with van der Waals surface area (Å²) in [6.07, 6.45) is 4.60. The van der Waals surface area contributed by atoms with Gasteiger partial charge in [0.15, 0.2) is 0 Å². The Bertz CT molecular complexity index is 287. The summed E-state index contributed by atoms with van der Waals surface area (Å²) in [6, 6.07) is 0. The summed E-state index contributed by atoms with van der Waals surface area (Å²) in [7, 11) is 3.42. The zero-order valence-corrected chi connectivity index (χ0v) is 13.5. The van der Waals surface area contributed by atoms with Crippen molar-refractivity contribution in [3.05, 3.63) is 0 Å². The smallest absolute Gasteiger partial charge is 0.241 e. The van der Waals surface area contributed by atoms with E-state index in [1.807, 2.05) is 6.92 Å². The molecule has 0 aromatic carbocycles. The minimum absolute atomic E-state index is 0.0349. The molecule has 2 amide bonds. The van der Waals surface area contributed by atoms with Crippen LogP contribution in [0, 0.1) is 5.92 Å². The predicted octanol–water partition coefficient (Wildman–Crippen LogP) is 1.47. The van der Waals surface area contributed by atoms with Gasteiger partial charge in [0, 0.05) is 27.1 Å². The largest absolute Gasteiger partial charge is 0.347 e. The molecule has 0 aliphatic rings. The molecule has 20 heavy (non-hydrogen) atoms. The van der Waals surface area contributed by atoms with Crippen molar-refractivity contribution in [1.82, 2.24) is 9.80 Å². The monoisotopic (exact) mass is 285 g/mol. The lowest BCUT2D eigenvalue weighted by Gasteiger charge is -2.23. The molecular formula is C15H31N3O2. The molecular weight excluding hydrogens is 254 g/mol. The fourth-order valence-corrected chi connectivity index (χ4v) is 2.24. The molecule has 0 rings (SSSR count). The normalized spacial score (nSPS) is 12.1. The molecule has 5 heteroatoms. The molecule has 0 aliphatic heterocycles. The first-order valence-electron chi connectivity index (χ1n) is 7.64. The quantitative estimate of drug-likeness (QED) is 0.661.